The molecule has 2 rings (SSSR count). The zero-order valence-electron chi connectivity index (χ0n) is 15.9. The molecule has 0 aromatic heterocycles. The highest BCUT2D eigenvalue weighted by Crippen LogP contribution is 2.54. The highest BCUT2D eigenvalue weighted by Gasteiger charge is 2.86. The molecule has 0 amide bonds. The summed E-state index contributed by atoms with van der Waals surface area (Å²) in [6.07, 6.45) is -4.18. The van der Waals surface area contributed by atoms with Gasteiger partial charge in [0.15, 0.2) is 0 Å². The molecule has 0 radical (unpaired) electrons. The standard InChI is InChI=1S/C17H18F9NO3S/c1-11-4-2-3-9-27(11)10-12-5-7-13(8-6-12)30-31(28,29)17(25,26)15(20,21)14(18,19)16(22,23)24/h5-8,11H,2-4,9-10H2,1H3. The van der Waals surface area contributed by atoms with Gasteiger partial charge in [0.25, 0.3) is 0 Å². The number of piperidine rings is 1. The number of likely N-dealkylation sites (tertiary alicyclic amines) is 1. The van der Waals surface area contributed by atoms with Crippen molar-refractivity contribution in [3.8, 4) is 5.75 Å². The highest BCUT2D eigenvalue weighted by molar-refractivity contribution is 7.88. The van der Waals surface area contributed by atoms with Crippen molar-refractivity contribution >= 4 is 10.1 Å². The molecular weight excluding hydrogens is 469 g/mol. The Hall–Kier alpha value is -1.70. The van der Waals surface area contributed by atoms with Crippen LogP contribution in [0.15, 0.2) is 24.3 Å². The molecule has 14 heteroatoms. The Labute approximate surface area is 172 Å². The predicted octanol–water partition coefficient (Wildman–Crippen LogP) is 5.20. The fourth-order valence-corrected chi connectivity index (χ4v) is 3.89. The largest absolute Gasteiger partial charge is 0.460 e. The minimum absolute atomic E-state index is 0.251. The topological polar surface area (TPSA) is 46.6 Å². The summed E-state index contributed by atoms with van der Waals surface area (Å²) in [4.78, 5) is 2.09. The van der Waals surface area contributed by atoms with Gasteiger partial charge in [-0.15, -0.1) is 0 Å². The highest BCUT2D eigenvalue weighted by atomic mass is 32.2. The summed E-state index contributed by atoms with van der Waals surface area (Å²) in [7, 11) is -6.94. The summed E-state index contributed by atoms with van der Waals surface area (Å²) in [5.74, 6) is -15.6. The Kier molecular flexibility index (Phi) is 6.87. The number of hydrogen-bond donors (Lipinski definition) is 0. The SMILES string of the molecule is CC1CCCCN1Cc1ccc(OS(=O)(=O)C(F)(F)C(F)(F)C(F)(F)C(F)(F)F)cc1. The Bertz CT molecular complexity index is 870. The third-order valence-corrected chi connectivity index (χ3v) is 6.18. The average Bonchev–Trinajstić information content (AvgIpc) is 2.63. The summed E-state index contributed by atoms with van der Waals surface area (Å²) in [6.45, 7) is 3.17. The first kappa shape index (κ1) is 25.6. The molecule has 1 aromatic rings. The van der Waals surface area contributed by atoms with Gasteiger partial charge in [-0.25, -0.2) is 0 Å². The van der Waals surface area contributed by atoms with Gasteiger partial charge in [-0.3, -0.25) is 4.90 Å². The van der Waals surface area contributed by atoms with Crippen molar-refractivity contribution in [1.29, 1.82) is 0 Å². The van der Waals surface area contributed by atoms with Crippen molar-refractivity contribution in [3.05, 3.63) is 29.8 Å². The number of alkyl halides is 9. The Morgan fingerprint density at radius 1 is 0.935 bits per heavy atom. The van der Waals surface area contributed by atoms with E-state index < -0.39 is 39.1 Å². The van der Waals surface area contributed by atoms with Crippen LogP contribution in [0.25, 0.3) is 0 Å². The number of halogens is 9. The minimum atomic E-state index is -7.34. The fraction of sp³-hybridized carbons (Fsp3) is 0.647. The van der Waals surface area contributed by atoms with Crippen molar-refractivity contribution in [3.63, 3.8) is 0 Å². The maximum absolute atomic E-state index is 13.7. The minimum Gasteiger partial charge on any atom is -0.378 e. The van der Waals surface area contributed by atoms with Crippen LogP contribution in [0.5, 0.6) is 5.75 Å². The van der Waals surface area contributed by atoms with Gasteiger partial charge < -0.3 is 4.18 Å². The number of nitrogens with zero attached hydrogens (tertiary/aromatic N) is 1. The summed E-state index contributed by atoms with van der Waals surface area (Å²) in [6, 6.07) is 4.32. The summed E-state index contributed by atoms with van der Waals surface area (Å²) < 4.78 is 143. The lowest BCUT2D eigenvalue weighted by atomic mass is 10.0. The van der Waals surface area contributed by atoms with Gasteiger partial charge in [0.05, 0.1) is 0 Å². The molecule has 1 aromatic carbocycles. The van der Waals surface area contributed by atoms with Gasteiger partial charge in [0, 0.05) is 12.6 Å². The van der Waals surface area contributed by atoms with Gasteiger partial charge in [0.1, 0.15) is 5.75 Å². The van der Waals surface area contributed by atoms with Gasteiger partial charge >= 0.3 is 33.4 Å². The monoisotopic (exact) mass is 487 g/mol. The Morgan fingerprint density at radius 2 is 1.48 bits per heavy atom. The zero-order chi connectivity index (χ0) is 23.9. The van der Waals surface area contributed by atoms with Crippen LogP contribution in [-0.2, 0) is 16.7 Å². The Morgan fingerprint density at radius 3 is 1.97 bits per heavy atom. The van der Waals surface area contributed by atoms with Crippen molar-refractivity contribution in [2.24, 2.45) is 0 Å². The molecule has 1 aliphatic rings. The van der Waals surface area contributed by atoms with E-state index in [2.05, 4.69) is 9.08 Å². The predicted molar refractivity (Wildman–Crippen MR) is 90.6 cm³/mol. The zero-order valence-corrected chi connectivity index (χ0v) is 16.7. The van der Waals surface area contributed by atoms with E-state index in [0.717, 1.165) is 37.9 Å². The molecule has 0 spiro atoms. The van der Waals surface area contributed by atoms with Crippen LogP contribution in [0.1, 0.15) is 31.7 Å². The average molecular weight is 487 g/mol. The normalized spacial score (nSPS) is 20.0. The summed E-state index contributed by atoms with van der Waals surface area (Å²) >= 11 is 0. The molecule has 0 N–H and O–H groups in total. The fourth-order valence-electron chi connectivity index (χ4n) is 2.97. The second-order valence-corrected chi connectivity index (χ2v) is 8.75. The van der Waals surface area contributed by atoms with Crippen LogP contribution in [0.4, 0.5) is 39.5 Å². The van der Waals surface area contributed by atoms with Crippen LogP contribution in [-0.4, -0.2) is 49.2 Å². The summed E-state index contributed by atoms with van der Waals surface area (Å²) in [5.41, 5.74) is 0.583. The van der Waals surface area contributed by atoms with Crippen molar-refractivity contribution < 1.29 is 52.1 Å². The van der Waals surface area contributed by atoms with Crippen LogP contribution in [0, 0.1) is 0 Å². The second-order valence-electron chi connectivity index (χ2n) is 7.16. The maximum atomic E-state index is 13.7. The van der Waals surface area contributed by atoms with E-state index in [9.17, 15) is 47.9 Å². The molecule has 31 heavy (non-hydrogen) atoms. The third-order valence-electron chi connectivity index (χ3n) is 4.89. The van der Waals surface area contributed by atoms with Gasteiger partial charge in [-0.1, -0.05) is 18.6 Å². The molecule has 0 bridgehead atoms. The van der Waals surface area contributed by atoms with E-state index in [-0.39, 0.29) is 6.04 Å². The van der Waals surface area contributed by atoms with E-state index in [4.69, 9.17) is 0 Å². The molecular formula is C17H18F9NO3S. The van der Waals surface area contributed by atoms with Gasteiger partial charge in [-0.05, 0) is 44.0 Å². The van der Waals surface area contributed by atoms with Gasteiger partial charge in [0.2, 0.25) is 0 Å². The van der Waals surface area contributed by atoms with Crippen molar-refractivity contribution in [2.45, 2.75) is 62.0 Å². The lowest BCUT2D eigenvalue weighted by Crippen LogP contribution is -2.63. The van der Waals surface area contributed by atoms with E-state index in [1.807, 2.05) is 6.92 Å². The maximum Gasteiger partial charge on any atom is 0.460 e. The number of benzene rings is 1. The molecule has 4 nitrogen and oxygen atoms in total. The van der Waals surface area contributed by atoms with Crippen LogP contribution >= 0.6 is 0 Å². The molecule has 1 saturated heterocycles. The molecule has 178 valence electrons. The molecule has 1 fully saturated rings. The van der Waals surface area contributed by atoms with E-state index in [0.29, 0.717) is 12.1 Å². The first-order chi connectivity index (χ1) is 13.9. The van der Waals surface area contributed by atoms with Gasteiger partial charge in [-0.2, -0.15) is 47.9 Å². The van der Waals surface area contributed by atoms with Crippen LogP contribution in [0.3, 0.4) is 0 Å². The van der Waals surface area contributed by atoms with Crippen molar-refractivity contribution in [2.75, 3.05) is 6.54 Å². The summed E-state index contributed by atoms with van der Waals surface area (Å²) in [5, 5.41) is -6.89. The first-order valence-corrected chi connectivity index (χ1v) is 10.3. The molecule has 0 saturated carbocycles. The lowest BCUT2D eigenvalue weighted by Gasteiger charge is -2.33. The smallest absolute Gasteiger partial charge is 0.378 e. The van der Waals surface area contributed by atoms with E-state index in [1.165, 1.54) is 12.1 Å². The quantitative estimate of drug-likeness (QED) is 0.392. The molecule has 1 aliphatic heterocycles. The van der Waals surface area contributed by atoms with E-state index >= 15 is 0 Å². The second kappa shape index (κ2) is 8.34. The first-order valence-electron chi connectivity index (χ1n) is 8.91. The third kappa shape index (κ3) is 4.73. The van der Waals surface area contributed by atoms with E-state index in [1.54, 1.807) is 0 Å². The molecule has 1 heterocycles. The molecule has 1 atom stereocenters. The van der Waals surface area contributed by atoms with Crippen LogP contribution < -0.4 is 4.18 Å². The Balaban J connectivity index is 2.20. The van der Waals surface area contributed by atoms with Crippen molar-refractivity contribution in [1.82, 2.24) is 4.90 Å². The number of rotatable bonds is 7. The molecule has 1 unspecified atom stereocenters. The lowest BCUT2D eigenvalue weighted by molar-refractivity contribution is -0.382. The number of hydrogen-bond acceptors (Lipinski definition) is 4. The molecule has 0 aliphatic carbocycles. The van der Waals surface area contributed by atoms with Crippen LogP contribution in [0.2, 0.25) is 0 Å².